The molecule has 2 aromatic rings. The third kappa shape index (κ3) is 6.08. The smallest absolute Gasteiger partial charge is 0.407 e. The zero-order valence-corrected chi connectivity index (χ0v) is 23.9. The van der Waals surface area contributed by atoms with Crippen LogP contribution in [-0.4, -0.2) is 69.9 Å². The molecular weight excluding hydrogens is 512 g/mol. The van der Waals surface area contributed by atoms with Gasteiger partial charge in [-0.05, 0) is 82.9 Å². The molecule has 3 aliphatic rings. The van der Waals surface area contributed by atoms with Gasteiger partial charge in [0.25, 0.3) is 0 Å². The van der Waals surface area contributed by atoms with Gasteiger partial charge in [0.05, 0.1) is 5.52 Å². The number of benzene rings is 1. The van der Waals surface area contributed by atoms with Crippen LogP contribution < -0.4 is 15.5 Å². The fraction of sp³-hybridized carbons (Fsp3) is 0.621. The summed E-state index contributed by atoms with van der Waals surface area (Å²) in [7, 11) is 1.86. The Kier molecular flexibility index (Phi) is 7.74. The summed E-state index contributed by atoms with van der Waals surface area (Å²) >= 11 is 0. The van der Waals surface area contributed by atoms with E-state index in [0.29, 0.717) is 18.3 Å². The number of carbonyl (C=O) groups excluding carboxylic acids is 4. The molecule has 11 nitrogen and oxygen atoms in total. The number of carbonyl (C=O) groups is 4. The molecule has 1 aromatic carbocycles. The Bertz CT molecular complexity index is 1300. The molecule has 2 N–H and O–H groups in total. The standard InChI is InChI=1S/C29H40N6O5/c1-29(2,3)40-28(39)30-21-8-5-19(6-9-21)26(37)34-14-11-18(12-15-34)20-7-10-22-23(17-20)33(4)32-25(22)35-16-13-24(36)31-27(35)38/h7,10,17-19,21H,5-6,8-9,11-16H2,1-4H3,(H,30,39)(H,31,36,38). The van der Waals surface area contributed by atoms with Crippen LogP contribution in [0.5, 0.6) is 0 Å². The van der Waals surface area contributed by atoms with E-state index in [1.807, 2.05) is 38.8 Å². The van der Waals surface area contributed by atoms with Gasteiger partial charge in [0, 0.05) is 50.4 Å². The molecular formula is C29H40N6O5. The molecule has 1 aromatic heterocycles. The molecule has 2 saturated heterocycles. The Morgan fingerprint density at radius 1 is 1.02 bits per heavy atom. The first-order valence-corrected chi connectivity index (χ1v) is 14.3. The van der Waals surface area contributed by atoms with Crippen LogP contribution in [0.4, 0.5) is 15.4 Å². The average Bonchev–Trinajstić information content (AvgIpc) is 3.23. The Morgan fingerprint density at radius 2 is 1.73 bits per heavy atom. The van der Waals surface area contributed by atoms with E-state index in [-0.39, 0.29) is 30.2 Å². The van der Waals surface area contributed by atoms with E-state index in [0.717, 1.165) is 62.5 Å². The number of hydrogen-bond donors (Lipinski definition) is 2. The highest BCUT2D eigenvalue weighted by Crippen LogP contribution is 2.35. The molecule has 5 rings (SSSR count). The summed E-state index contributed by atoms with van der Waals surface area (Å²) in [5.41, 5.74) is 1.62. The largest absolute Gasteiger partial charge is 0.444 e. The lowest BCUT2D eigenvalue weighted by molar-refractivity contribution is -0.137. The van der Waals surface area contributed by atoms with Crippen molar-refractivity contribution >= 4 is 40.7 Å². The van der Waals surface area contributed by atoms with E-state index in [1.165, 1.54) is 10.5 Å². The lowest BCUT2D eigenvalue weighted by Gasteiger charge is -2.36. The molecule has 1 aliphatic carbocycles. The molecule has 1 saturated carbocycles. The van der Waals surface area contributed by atoms with Crippen molar-refractivity contribution in [3.63, 3.8) is 0 Å². The minimum Gasteiger partial charge on any atom is -0.444 e. The second-order valence-electron chi connectivity index (χ2n) is 12.3. The highest BCUT2D eigenvalue weighted by atomic mass is 16.6. The molecule has 216 valence electrons. The number of aromatic nitrogens is 2. The topological polar surface area (TPSA) is 126 Å². The maximum Gasteiger partial charge on any atom is 0.407 e. The average molecular weight is 553 g/mol. The van der Waals surface area contributed by atoms with Crippen molar-refractivity contribution < 1.29 is 23.9 Å². The Balaban J connectivity index is 1.15. The van der Waals surface area contributed by atoms with Crippen LogP contribution in [0.3, 0.4) is 0 Å². The van der Waals surface area contributed by atoms with Gasteiger partial charge in [-0.15, -0.1) is 0 Å². The summed E-state index contributed by atoms with van der Waals surface area (Å²) in [4.78, 5) is 52.8. The number of piperidine rings is 1. The second-order valence-corrected chi connectivity index (χ2v) is 12.3. The van der Waals surface area contributed by atoms with Crippen molar-refractivity contribution in [2.24, 2.45) is 13.0 Å². The van der Waals surface area contributed by atoms with Gasteiger partial charge in [0.15, 0.2) is 5.82 Å². The maximum atomic E-state index is 13.3. The third-order valence-electron chi connectivity index (χ3n) is 8.24. The fourth-order valence-electron chi connectivity index (χ4n) is 6.13. The number of ether oxygens (including phenoxy) is 1. The van der Waals surface area contributed by atoms with Gasteiger partial charge >= 0.3 is 12.1 Å². The van der Waals surface area contributed by atoms with E-state index in [1.54, 1.807) is 4.68 Å². The lowest BCUT2D eigenvalue weighted by Crippen LogP contribution is -2.49. The summed E-state index contributed by atoms with van der Waals surface area (Å²) in [6, 6.07) is 5.86. The van der Waals surface area contributed by atoms with Gasteiger partial charge in [0.1, 0.15) is 5.60 Å². The minimum absolute atomic E-state index is 0.0136. The van der Waals surface area contributed by atoms with Gasteiger partial charge in [0.2, 0.25) is 11.8 Å². The molecule has 0 atom stereocenters. The van der Waals surface area contributed by atoms with Crippen LogP contribution in [0, 0.1) is 5.92 Å². The van der Waals surface area contributed by atoms with Gasteiger partial charge in [-0.3, -0.25) is 24.5 Å². The predicted molar refractivity (Wildman–Crippen MR) is 150 cm³/mol. The first kappa shape index (κ1) is 27.9. The third-order valence-corrected chi connectivity index (χ3v) is 8.24. The van der Waals surface area contributed by atoms with Crippen molar-refractivity contribution in [2.45, 2.75) is 83.3 Å². The molecule has 40 heavy (non-hydrogen) atoms. The predicted octanol–water partition coefficient (Wildman–Crippen LogP) is 3.81. The number of likely N-dealkylation sites (tertiary alicyclic amines) is 1. The van der Waals surface area contributed by atoms with Crippen molar-refractivity contribution in [3.8, 4) is 0 Å². The van der Waals surface area contributed by atoms with E-state index >= 15 is 0 Å². The summed E-state index contributed by atoms with van der Waals surface area (Å²) in [6.45, 7) is 7.32. The second kappa shape index (κ2) is 11.1. The number of nitrogens with one attached hydrogen (secondary N) is 2. The van der Waals surface area contributed by atoms with Gasteiger partial charge in [-0.1, -0.05) is 6.07 Å². The molecule has 5 amide bonds. The van der Waals surface area contributed by atoms with Crippen molar-refractivity contribution in [1.29, 1.82) is 0 Å². The number of fused-ring (bicyclic) bond motifs is 1. The number of alkyl carbamates (subject to hydrolysis) is 1. The fourth-order valence-corrected chi connectivity index (χ4v) is 6.13. The monoisotopic (exact) mass is 552 g/mol. The number of aryl methyl sites for hydroxylation is 1. The number of hydrogen-bond acceptors (Lipinski definition) is 6. The number of urea groups is 1. The number of imide groups is 1. The summed E-state index contributed by atoms with van der Waals surface area (Å²) < 4.78 is 7.15. The van der Waals surface area contributed by atoms with Crippen molar-refractivity contribution in [3.05, 3.63) is 23.8 Å². The van der Waals surface area contributed by atoms with E-state index in [4.69, 9.17) is 4.74 Å². The lowest BCUT2D eigenvalue weighted by atomic mass is 9.84. The first-order valence-electron chi connectivity index (χ1n) is 14.3. The van der Waals surface area contributed by atoms with E-state index in [9.17, 15) is 19.2 Å². The Labute approximate surface area is 234 Å². The van der Waals surface area contributed by atoms with Crippen LogP contribution >= 0.6 is 0 Å². The summed E-state index contributed by atoms with van der Waals surface area (Å²) in [5.74, 6) is 0.886. The van der Waals surface area contributed by atoms with Gasteiger partial charge < -0.3 is 15.0 Å². The van der Waals surface area contributed by atoms with E-state index in [2.05, 4.69) is 27.9 Å². The SMILES string of the molecule is Cn1nc(N2CCC(=O)NC2=O)c2ccc(C3CCN(C(=O)C4CCC(NC(=O)OC(C)(C)C)CC4)CC3)cc21. The molecule has 2 aliphatic heterocycles. The molecule has 11 heteroatoms. The molecule has 0 bridgehead atoms. The van der Waals surface area contributed by atoms with Crippen LogP contribution in [0.25, 0.3) is 10.9 Å². The summed E-state index contributed by atoms with van der Waals surface area (Å²) in [6.07, 6.45) is 4.79. The van der Waals surface area contributed by atoms with Crippen molar-refractivity contribution in [1.82, 2.24) is 25.3 Å². The number of amides is 5. The molecule has 0 spiro atoms. The van der Waals surface area contributed by atoms with Crippen LogP contribution in [0.15, 0.2) is 18.2 Å². The van der Waals surface area contributed by atoms with Crippen LogP contribution in [-0.2, 0) is 21.4 Å². The van der Waals surface area contributed by atoms with Gasteiger partial charge in [-0.2, -0.15) is 5.10 Å². The number of nitrogens with zero attached hydrogens (tertiary/aromatic N) is 4. The summed E-state index contributed by atoms with van der Waals surface area (Å²) in [5, 5.41) is 10.8. The van der Waals surface area contributed by atoms with Crippen molar-refractivity contribution in [2.75, 3.05) is 24.5 Å². The number of rotatable bonds is 4. The molecule has 0 unspecified atom stereocenters. The minimum atomic E-state index is -0.524. The highest BCUT2D eigenvalue weighted by Gasteiger charge is 2.33. The van der Waals surface area contributed by atoms with E-state index < -0.39 is 17.7 Å². The van der Waals surface area contributed by atoms with Gasteiger partial charge in [-0.25, -0.2) is 9.59 Å². The Hall–Kier alpha value is -3.63. The molecule has 3 heterocycles. The molecule has 3 fully saturated rings. The molecule has 0 radical (unpaired) electrons. The maximum absolute atomic E-state index is 13.3. The van der Waals surface area contributed by atoms with Crippen LogP contribution in [0.2, 0.25) is 0 Å². The van der Waals surface area contributed by atoms with Crippen LogP contribution in [0.1, 0.15) is 77.2 Å². The normalized spacial score (nSPS) is 22.8. The highest BCUT2D eigenvalue weighted by molar-refractivity contribution is 6.08. The quantitative estimate of drug-likeness (QED) is 0.594. The Morgan fingerprint density at radius 3 is 2.38 bits per heavy atom. The number of anilines is 1. The zero-order chi connectivity index (χ0) is 28.6. The first-order chi connectivity index (χ1) is 19.0. The zero-order valence-electron chi connectivity index (χ0n) is 23.9.